The lowest BCUT2D eigenvalue weighted by Crippen LogP contribution is -2.06. The molecule has 0 atom stereocenters. The second-order valence-corrected chi connectivity index (χ2v) is 4.70. The molecule has 96 valence electrons. The summed E-state index contributed by atoms with van der Waals surface area (Å²) in [6.07, 6.45) is 0. The van der Waals surface area contributed by atoms with Gasteiger partial charge in [0.1, 0.15) is 0 Å². The van der Waals surface area contributed by atoms with Gasteiger partial charge in [-0.25, -0.2) is 0 Å². The Labute approximate surface area is 112 Å². The molecule has 0 aliphatic heterocycles. The van der Waals surface area contributed by atoms with Gasteiger partial charge in [-0.3, -0.25) is 9.67 Å². The Morgan fingerprint density at radius 1 is 1.39 bits per heavy atom. The molecule has 0 saturated carbocycles. The Balaban J connectivity index is 2.50. The third-order valence-corrected chi connectivity index (χ3v) is 3.22. The molecule has 0 bridgehead atoms. The van der Waals surface area contributed by atoms with Crippen LogP contribution in [0.25, 0.3) is 11.4 Å². The Morgan fingerprint density at radius 2 is 2.17 bits per heavy atom. The standard InChI is InChI=1S/C13H17N3OS/c1-9-4-5-10(2)11(8-9)12-14-15-13(18)16(12)6-7-17-3/h4-5,8H,6-7H2,1-3H3,(H,15,18). The van der Waals surface area contributed by atoms with E-state index in [4.69, 9.17) is 17.0 Å². The third-order valence-electron chi connectivity index (χ3n) is 2.91. The second kappa shape index (κ2) is 5.46. The van der Waals surface area contributed by atoms with Crippen LogP contribution in [0.3, 0.4) is 0 Å². The SMILES string of the molecule is COCCn1c(-c2cc(C)ccc2C)n[nH]c1=S. The zero-order valence-corrected chi connectivity index (χ0v) is 11.7. The van der Waals surface area contributed by atoms with Crippen LogP contribution in [0.15, 0.2) is 18.2 Å². The van der Waals surface area contributed by atoms with Gasteiger partial charge in [0.05, 0.1) is 13.2 Å². The Bertz CT molecular complexity index is 601. The Morgan fingerprint density at radius 3 is 2.89 bits per heavy atom. The van der Waals surface area contributed by atoms with Crippen molar-refractivity contribution < 1.29 is 4.74 Å². The molecule has 4 nitrogen and oxygen atoms in total. The van der Waals surface area contributed by atoms with E-state index in [0.717, 1.165) is 11.4 Å². The van der Waals surface area contributed by atoms with Gasteiger partial charge in [-0.05, 0) is 37.7 Å². The highest BCUT2D eigenvalue weighted by atomic mass is 32.1. The molecule has 0 unspecified atom stereocenters. The average molecular weight is 263 g/mol. The van der Waals surface area contributed by atoms with E-state index in [0.29, 0.717) is 17.9 Å². The van der Waals surface area contributed by atoms with Crippen molar-refractivity contribution in [2.24, 2.45) is 0 Å². The predicted molar refractivity (Wildman–Crippen MR) is 74.2 cm³/mol. The first-order chi connectivity index (χ1) is 8.63. The van der Waals surface area contributed by atoms with E-state index >= 15 is 0 Å². The molecule has 0 saturated heterocycles. The molecular weight excluding hydrogens is 246 g/mol. The van der Waals surface area contributed by atoms with Crippen molar-refractivity contribution in [2.45, 2.75) is 20.4 Å². The van der Waals surface area contributed by atoms with Crippen molar-refractivity contribution in [3.63, 3.8) is 0 Å². The van der Waals surface area contributed by atoms with E-state index in [9.17, 15) is 0 Å². The van der Waals surface area contributed by atoms with E-state index in [1.807, 2.05) is 4.57 Å². The van der Waals surface area contributed by atoms with Gasteiger partial charge in [-0.2, -0.15) is 5.10 Å². The van der Waals surface area contributed by atoms with Crippen LogP contribution in [0.4, 0.5) is 0 Å². The van der Waals surface area contributed by atoms with Gasteiger partial charge in [-0.15, -0.1) is 0 Å². The van der Waals surface area contributed by atoms with Gasteiger partial charge in [0.2, 0.25) is 0 Å². The van der Waals surface area contributed by atoms with Gasteiger partial charge >= 0.3 is 0 Å². The summed E-state index contributed by atoms with van der Waals surface area (Å²) in [5.41, 5.74) is 3.51. The molecule has 0 radical (unpaired) electrons. The topological polar surface area (TPSA) is 42.8 Å². The van der Waals surface area contributed by atoms with Crippen LogP contribution in [0.1, 0.15) is 11.1 Å². The fourth-order valence-electron chi connectivity index (χ4n) is 1.89. The van der Waals surface area contributed by atoms with Crippen LogP contribution >= 0.6 is 12.2 Å². The maximum absolute atomic E-state index is 5.25. The summed E-state index contributed by atoms with van der Waals surface area (Å²) in [6.45, 7) is 5.47. The number of aromatic amines is 1. The molecule has 2 aromatic rings. The van der Waals surface area contributed by atoms with Gasteiger partial charge in [0, 0.05) is 12.7 Å². The fourth-order valence-corrected chi connectivity index (χ4v) is 2.11. The number of H-pyrrole nitrogens is 1. The van der Waals surface area contributed by atoms with Crippen LogP contribution in [0.5, 0.6) is 0 Å². The summed E-state index contributed by atoms with van der Waals surface area (Å²) in [4.78, 5) is 0. The highest BCUT2D eigenvalue weighted by Crippen LogP contribution is 2.22. The molecule has 1 aromatic heterocycles. The molecular formula is C13H17N3OS. The van der Waals surface area contributed by atoms with Crippen molar-refractivity contribution in [2.75, 3.05) is 13.7 Å². The van der Waals surface area contributed by atoms with E-state index in [2.05, 4.69) is 42.2 Å². The van der Waals surface area contributed by atoms with E-state index in [1.165, 1.54) is 11.1 Å². The summed E-state index contributed by atoms with van der Waals surface area (Å²) >= 11 is 5.25. The Hall–Kier alpha value is -1.46. The number of aryl methyl sites for hydroxylation is 2. The maximum Gasteiger partial charge on any atom is 0.195 e. The number of hydrogen-bond donors (Lipinski definition) is 1. The lowest BCUT2D eigenvalue weighted by atomic mass is 10.1. The quantitative estimate of drug-likeness (QED) is 0.863. The van der Waals surface area contributed by atoms with Gasteiger partial charge in [0.15, 0.2) is 10.6 Å². The van der Waals surface area contributed by atoms with Crippen LogP contribution in [-0.2, 0) is 11.3 Å². The van der Waals surface area contributed by atoms with Gasteiger partial charge in [-0.1, -0.05) is 17.7 Å². The van der Waals surface area contributed by atoms with E-state index in [1.54, 1.807) is 7.11 Å². The van der Waals surface area contributed by atoms with Crippen LogP contribution in [-0.4, -0.2) is 28.5 Å². The first kappa shape index (κ1) is 13.0. The number of aromatic nitrogens is 3. The highest BCUT2D eigenvalue weighted by molar-refractivity contribution is 7.71. The van der Waals surface area contributed by atoms with Crippen molar-refractivity contribution in [1.82, 2.24) is 14.8 Å². The van der Waals surface area contributed by atoms with Crippen LogP contribution in [0.2, 0.25) is 0 Å². The fraction of sp³-hybridized carbons (Fsp3) is 0.385. The second-order valence-electron chi connectivity index (χ2n) is 4.32. The van der Waals surface area contributed by atoms with Crippen molar-refractivity contribution >= 4 is 12.2 Å². The molecule has 5 heteroatoms. The number of ether oxygens (including phenoxy) is 1. The number of hydrogen-bond acceptors (Lipinski definition) is 3. The summed E-state index contributed by atoms with van der Waals surface area (Å²) in [7, 11) is 1.68. The molecule has 1 N–H and O–H groups in total. The molecule has 0 fully saturated rings. The minimum Gasteiger partial charge on any atom is -0.383 e. The first-order valence-corrected chi connectivity index (χ1v) is 6.26. The number of rotatable bonds is 4. The summed E-state index contributed by atoms with van der Waals surface area (Å²) in [6, 6.07) is 6.33. The van der Waals surface area contributed by atoms with E-state index in [-0.39, 0.29) is 0 Å². The maximum atomic E-state index is 5.25. The monoisotopic (exact) mass is 263 g/mol. The van der Waals surface area contributed by atoms with E-state index < -0.39 is 0 Å². The number of benzene rings is 1. The lowest BCUT2D eigenvalue weighted by Gasteiger charge is -2.09. The first-order valence-electron chi connectivity index (χ1n) is 5.85. The molecule has 1 heterocycles. The summed E-state index contributed by atoms with van der Waals surface area (Å²) in [5, 5.41) is 7.18. The zero-order chi connectivity index (χ0) is 13.1. The molecule has 0 amide bonds. The molecule has 18 heavy (non-hydrogen) atoms. The van der Waals surface area contributed by atoms with Crippen LogP contribution < -0.4 is 0 Å². The van der Waals surface area contributed by atoms with Crippen molar-refractivity contribution in [3.8, 4) is 11.4 Å². The van der Waals surface area contributed by atoms with Gasteiger partial charge < -0.3 is 4.74 Å². The largest absolute Gasteiger partial charge is 0.383 e. The normalized spacial score (nSPS) is 10.8. The lowest BCUT2D eigenvalue weighted by molar-refractivity contribution is 0.187. The zero-order valence-electron chi connectivity index (χ0n) is 10.9. The predicted octanol–water partition coefficient (Wildman–Crippen LogP) is 2.87. The molecule has 0 spiro atoms. The molecule has 0 aliphatic carbocycles. The minimum absolute atomic E-state index is 0.617. The van der Waals surface area contributed by atoms with Gasteiger partial charge in [0.25, 0.3) is 0 Å². The summed E-state index contributed by atoms with van der Waals surface area (Å²) < 4.78 is 7.71. The number of methoxy groups -OCH3 is 1. The van der Waals surface area contributed by atoms with Crippen LogP contribution in [0, 0.1) is 18.6 Å². The summed E-state index contributed by atoms with van der Waals surface area (Å²) in [5.74, 6) is 0.873. The Kier molecular flexibility index (Phi) is 3.93. The average Bonchev–Trinajstić information content (AvgIpc) is 2.71. The number of nitrogens with one attached hydrogen (secondary N) is 1. The highest BCUT2D eigenvalue weighted by Gasteiger charge is 2.11. The van der Waals surface area contributed by atoms with Crippen molar-refractivity contribution in [3.05, 3.63) is 34.1 Å². The minimum atomic E-state index is 0.617. The number of nitrogens with zero attached hydrogens (tertiary/aromatic N) is 2. The smallest absolute Gasteiger partial charge is 0.195 e. The molecule has 0 aliphatic rings. The van der Waals surface area contributed by atoms with Crippen molar-refractivity contribution in [1.29, 1.82) is 0 Å². The third kappa shape index (κ3) is 2.52. The molecule has 1 aromatic carbocycles. The molecule has 2 rings (SSSR count).